The summed E-state index contributed by atoms with van der Waals surface area (Å²) in [6.07, 6.45) is 1.62. The van der Waals surface area contributed by atoms with E-state index < -0.39 is 6.10 Å². The molecule has 0 fully saturated rings. The van der Waals surface area contributed by atoms with Crippen LogP contribution >= 0.6 is 15.9 Å². The van der Waals surface area contributed by atoms with E-state index in [1.807, 2.05) is 24.3 Å². The van der Waals surface area contributed by atoms with Crippen LogP contribution in [-0.4, -0.2) is 5.11 Å². The highest BCUT2D eigenvalue weighted by Gasteiger charge is 2.13. The lowest BCUT2D eigenvalue weighted by atomic mass is 9.96. The zero-order valence-corrected chi connectivity index (χ0v) is 13.9. The number of rotatable bonds is 4. The SMILES string of the molecule is CCCc1cccc(C(O)c2cc(C)c(Br)c(C)c2)c1. The maximum Gasteiger partial charge on any atom is 0.104 e. The Hall–Kier alpha value is -1.12. The summed E-state index contributed by atoms with van der Waals surface area (Å²) in [6.45, 7) is 6.28. The Morgan fingerprint density at radius 1 is 1.05 bits per heavy atom. The molecule has 0 saturated carbocycles. The summed E-state index contributed by atoms with van der Waals surface area (Å²) < 4.78 is 1.12. The molecule has 0 aromatic heterocycles. The molecule has 0 aliphatic rings. The Balaban J connectivity index is 2.35. The second kappa shape index (κ2) is 6.55. The van der Waals surface area contributed by atoms with Crippen LogP contribution in [0.5, 0.6) is 0 Å². The summed E-state index contributed by atoms with van der Waals surface area (Å²) in [6, 6.07) is 12.4. The molecule has 2 aromatic rings. The predicted molar refractivity (Wildman–Crippen MR) is 88.1 cm³/mol. The van der Waals surface area contributed by atoms with E-state index >= 15 is 0 Å². The molecule has 0 radical (unpaired) electrons. The maximum absolute atomic E-state index is 10.6. The minimum absolute atomic E-state index is 0.558. The van der Waals surface area contributed by atoms with Gasteiger partial charge in [0.05, 0.1) is 0 Å². The van der Waals surface area contributed by atoms with Crippen molar-refractivity contribution >= 4 is 15.9 Å². The van der Waals surface area contributed by atoms with E-state index in [9.17, 15) is 5.11 Å². The molecule has 0 aliphatic carbocycles. The number of aryl methyl sites for hydroxylation is 3. The fraction of sp³-hybridized carbons (Fsp3) is 0.333. The van der Waals surface area contributed by atoms with Crippen LogP contribution in [-0.2, 0) is 6.42 Å². The van der Waals surface area contributed by atoms with Crippen LogP contribution in [0.25, 0.3) is 0 Å². The van der Waals surface area contributed by atoms with Crippen LogP contribution in [0.3, 0.4) is 0 Å². The van der Waals surface area contributed by atoms with Gasteiger partial charge in [0.15, 0.2) is 0 Å². The summed E-state index contributed by atoms with van der Waals surface area (Å²) >= 11 is 3.57. The second-order valence-electron chi connectivity index (χ2n) is 5.37. The highest BCUT2D eigenvalue weighted by molar-refractivity contribution is 9.10. The van der Waals surface area contributed by atoms with Crippen molar-refractivity contribution in [3.63, 3.8) is 0 Å². The van der Waals surface area contributed by atoms with Gasteiger partial charge in [-0.2, -0.15) is 0 Å². The molecule has 0 heterocycles. The van der Waals surface area contributed by atoms with Gasteiger partial charge < -0.3 is 5.11 Å². The van der Waals surface area contributed by atoms with Gasteiger partial charge in [0, 0.05) is 4.47 Å². The Morgan fingerprint density at radius 2 is 1.70 bits per heavy atom. The van der Waals surface area contributed by atoms with Crippen molar-refractivity contribution in [2.75, 3.05) is 0 Å². The van der Waals surface area contributed by atoms with Gasteiger partial charge in [-0.1, -0.05) is 65.7 Å². The molecule has 1 N–H and O–H groups in total. The molecule has 2 heteroatoms. The third kappa shape index (κ3) is 3.31. The largest absolute Gasteiger partial charge is 0.384 e. The predicted octanol–water partition coefficient (Wildman–Crippen LogP) is 5.10. The molecule has 0 saturated heterocycles. The van der Waals surface area contributed by atoms with Gasteiger partial charge in [-0.05, 0) is 48.1 Å². The molecule has 1 nitrogen and oxygen atoms in total. The van der Waals surface area contributed by atoms with Gasteiger partial charge in [0.25, 0.3) is 0 Å². The number of aliphatic hydroxyl groups excluding tert-OH is 1. The van der Waals surface area contributed by atoms with Gasteiger partial charge in [-0.25, -0.2) is 0 Å². The molecule has 2 rings (SSSR count). The normalized spacial score (nSPS) is 12.4. The average molecular weight is 333 g/mol. The highest BCUT2D eigenvalue weighted by Crippen LogP contribution is 2.29. The Labute approximate surface area is 129 Å². The van der Waals surface area contributed by atoms with Crippen LogP contribution in [0.4, 0.5) is 0 Å². The monoisotopic (exact) mass is 332 g/mol. The van der Waals surface area contributed by atoms with Crippen LogP contribution in [0.15, 0.2) is 40.9 Å². The zero-order chi connectivity index (χ0) is 14.7. The van der Waals surface area contributed by atoms with Gasteiger partial charge in [0.1, 0.15) is 6.10 Å². The van der Waals surface area contributed by atoms with Crippen molar-refractivity contribution in [2.24, 2.45) is 0 Å². The van der Waals surface area contributed by atoms with E-state index in [2.05, 4.69) is 48.8 Å². The standard InChI is InChI=1S/C18H21BrO/c1-4-6-14-7-5-8-15(11-14)18(20)16-9-12(2)17(19)13(3)10-16/h5,7-11,18,20H,4,6H2,1-3H3. The van der Waals surface area contributed by atoms with Gasteiger partial charge >= 0.3 is 0 Å². The quantitative estimate of drug-likeness (QED) is 0.825. The first-order valence-electron chi connectivity index (χ1n) is 7.06. The van der Waals surface area contributed by atoms with E-state index in [-0.39, 0.29) is 0 Å². The van der Waals surface area contributed by atoms with E-state index in [0.29, 0.717) is 0 Å². The number of benzene rings is 2. The van der Waals surface area contributed by atoms with Crippen LogP contribution in [0.2, 0.25) is 0 Å². The van der Waals surface area contributed by atoms with Gasteiger partial charge in [0.2, 0.25) is 0 Å². The number of hydrogen-bond donors (Lipinski definition) is 1. The summed E-state index contributed by atoms with van der Waals surface area (Å²) in [7, 11) is 0. The lowest BCUT2D eigenvalue weighted by molar-refractivity contribution is 0.220. The average Bonchev–Trinajstić information content (AvgIpc) is 2.44. The summed E-state index contributed by atoms with van der Waals surface area (Å²) in [5.74, 6) is 0. The van der Waals surface area contributed by atoms with Crippen molar-refractivity contribution in [2.45, 2.75) is 39.7 Å². The first-order valence-corrected chi connectivity index (χ1v) is 7.85. The first-order chi connectivity index (χ1) is 9.52. The van der Waals surface area contributed by atoms with E-state index in [1.165, 1.54) is 5.56 Å². The molecular formula is C18H21BrO. The summed E-state index contributed by atoms with van der Waals surface area (Å²) in [5, 5.41) is 10.6. The maximum atomic E-state index is 10.6. The molecule has 0 amide bonds. The van der Waals surface area contributed by atoms with Crippen molar-refractivity contribution in [1.29, 1.82) is 0 Å². The molecular weight excluding hydrogens is 312 g/mol. The fourth-order valence-corrected chi connectivity index (χ4v) is 2.77. The lowest BCUT2D eigenvalue weighted by Crippen LogP contribution is -2.02. The van der Waals surface area contributed by atoms with Gasteiger partial charge in [-0.15, -0.1) is 0 Å². The van der Waals surface area contributed by atoms with Crippen LogP contribution < -0.4 is 0 Å². The third-order valence-electron chi connectivity index (χ3n) is 3.58. The van der Waals surface area contributed by atoms with Crippen molar-refractivity contribution in [1.82, 2.24) is 0 Å². The van der Waals surface area contributed by atoms with Crippen LogP contribution in [0, 0.1) is 13.8 Å². The minimum Gasteiger partial charge on any atom is -0.384 e. The van der Waals surface area contributed by atoms with E-state index in [1.54, 1.807) is 0 Å². The highest BCUT2D eigenvalue weighted by atomic mass is 79.9. The lowest BCUT2D eigenvalue weighted by Gasteiger charge is -2.15. The minimum atomic E-state index is -0.558. The molecule has 1 unspecified atom stereocenters. The Morgan fingerprint density at radius 3 is 2.30 bits per heavy atom. The summed E-state index contributed by atoms with van der Waals surface area (Å²) in [4.78, 5) is 0. The first kappa shape index (κ1) is 15.3. The zero-order valence-electron chi connectivity index (χ0n) is 12.3. The molecule has 106 valence electrons. The van der Waals surface area contributed by atoms with Crippen molar-refractivity contribution in [3.05, 3.63) is 68.7 Å². The topological polar surface area (TPSA) is 20.2 Å². The van der Waals surface area contributed by atoms with Gasteiger partial charge in [-0.3, -0.25) is 0 Å². The number of aliphatic hydroxyl groups is 1. The molecule has 2 aromatic carbocycles. The molecule has 0 spiro atoms. The fourth-order valence-electron chi connectivity index (χ4n) is 2.54. The Kier molecular flexibility index (Phi) is 5.00. The van der Waals surface area contributed by atoms with Crippen molar-refractivity contribution < 1.29 is 5.11 Å². The smallest absolute Gasteiger partial charge is 0.104 e. The number of halogens is 1. The molecule has 20 heavy (non-hydrogen) atoms. The second-order valence-corrected chi connectivity index (χ2v) is 6.16. The molecule has 0 aliphatic heterocycles. The number of hydrogen-bond acceptors (Lipinski definition) is 1. The van der Waals surface area contributed by atoms with E-state index in [4.69, 9.17) is 0 Å². The third-order valence-corrected chi connectivity index (χ3v) is 4.83. The molecule has 1 atom stereocenters. The van der Waals surface area contributed by atoms with Crippen molar-refractivity contribution in [3.8, 4) is 0 Å². The Bertz CT molecular complexity index is 581. The summed E-state index contributed by atoms with van der Waals surface area (Å²) in [5.41, 5.74) is 5.52. The van der Waals surface area contributed by atoms with E-state index in [0.717, 1.165) is 39.6 Å². The molecule has 0 bridgehead atoms. The van der Waals surface area contributed by atoms with Crippen LogP contribution in [0.1, 0.15) is 47.3 Å².